The van der Waals surface area contributed by atoms with Gasteiger partial charge >= 0.3 is 0 Å². The van der Waals surface area contributed by atoms with Crippen LogP contribution in [0, 0.1) is 0 Å². The van der Waals surface area contributed by atoms with E-state index in [0.29, 0.717) is 11.7 Å². The molecule has 5 nitrogen and oxygen atoms in total. The van der Waals surface area contributed by atoms with Gasteiger partial charge in [0, 0.05) is 12.1 Å². The summed E-state index contributed by atoms with van der Waals surface area (Å²) in [4.78, 5) is 6.73. The van der Waals surface area contributed by atoms with Gasteiger partial charge in [0.2, 0.25) is 0 Å². The summed E-state index contributed by atoms with van der Waals surface area (Å²) in [5.41, 5.74) is 8.38. The van der Waals surface area contributed by atoms with Crippen LogP contribution in [0.3, 0.4) is 0 Å². The molecule has 2 N–H and O–H groups in total. The van der Waals surface area contributed by atoms with Crippen molar-refractivity contribution < 1.29 is 4.52 Å². The van der Waals surface area contributed by atoms with Gasteiger partial charge in [0.05, 0.1) is 6.04 Å². The topological polar surface area (TPSA) is 68.2 Å². The molecule has 0 amide bonds. The Morgan fingerprint density at radius 1 is 1.19 bits per heavy atom. The second-order valence-corrected chi connectivity index (χ2v) is 5.06. The molecule has 1 heterocycles. The normalized spacial score (nSPS) is 12.8. The molecule has 0 saturated heterocycles. The van der Waals surface area contributed by atoms with E-state index in [-0.39, 0.29) is 6.04 Å². The summed E-state index contributed by atoms with van der Waals surface area (Å²) in [6.07, 6.45) is 0.930. The summed E-state index contributed by atoms with van der Waals surface area (Å²) in [5.74, 6) is 1.13. The monoisotopic (exact) mass is 288 g/mol. The lowest BCUT2D eigenvalue weighted by molar-refractivity contribution is 0.278. The molecule has 0 bridgehead atoms. The molecule has 0 aliphatic heterocycles. The Balaban J connectivity index is 2.17. The fourth-order valence-corrected chi connectivity index (χ4v) is 2.37. The van der Waals surface area contributed by atoms with Crippen LogP contribution in [-0.4, -0.2) is 34.7 Å². The van der Waals surface area contributed by atoms with Gasteiger partial charge in [0.1, 0.15) is 0 Å². The van der Waals surface area contributed by atoms with Crippen molar-refractivity contribution in [2.24, 2.45) is 5.73 Å². The molecule has 114 valence electrons. The van der Waals surface area contributed by atoms with Crippen LogP contribution in [0.15, 0.2) is 28.8 Å². The van der Waals surface area contributed by atoms with E-state index in [2.05, 4.69) is 41.9 Å². The van der Waals surface area contributed by atoms with Gasteiger partial charge in [-0.2, -0.15) is 4.98 Å². The summed E-state index contributed by atoms with van der Waals surface area (Å²) >= 11 is 0. The molecule has 2 rings (SSSR count). The Labute approximate surface area is 126 Å². The Morgan fingerprint density at radius 3 is 2.57 bits per heavy atom. The molecule has 0 fully saturated rings. The number of hydrogen-bond acceptors (Lipinski definition) is 5. The second-order valence-electron chi connectivity index (χ2n) is 5.06. The molecule has 1 unspecified atom stereocenters. The molecular weight excluding hydrogens is 264 g/mol. The van der Waals surface area contributed by atoms with Gasteiger partial charge in [-0.15, -0.1) is 0 Å². The van der Waals surface area contributed by atoms with E-state index in [1.807, 2.05) is 18.2 Å². The fourth-order valence-electron chi connectivity index (χ4n) is 2.37. The average Bonchev–Trinajstić information content (AvgIpc) is 3.02. The van der Waals surface area contributed by atoms with Gasteiger partial charge in [0.15, 0.2) is 5.82 Å². The first kappa shape index (κ1) is 15.7. The van der Waals surface area contributed by atoms with Gasteiger partial charge in [-0.3, -0.25) is 0 Å². The lowest BCUT2D eigenvalue weighted by Crippen LogP contribution is -2.32. The Hall–Kier alpha value is -1.72. The first-order valence-corrected chi connectivity index (χ1v) is 7.59. The van der Waals surface area contributed by atoms with Crippen LogP contribution in [0.25, 0.3) is 11.5 Å². The molecule has 0 aliphatic carbocycles. The molecule has 1 atom stereocenters. The van der Waals surface area contributed by atoms with Crippen LogP contribution in [0.2, 0.25) is 0 Å². The standard InChI is InChI=1S/C16H24N4O/c1-4-12-9-7-8-10-13(12)16-18-15(19-21-16)14(17)11-20(5-2)6-3/h7-10,14H,4-6,11,17H2,1-3H3. The van der Waals surface area contributed by atoms with Crippen LogP contribution in [0.4, 0.5) is 0 Å². The van der Waals surface area contributed by atoms with Crippen molar-refractivity contribution in [3.63, 3.8) is 0 Å². The average molecular weight is 288 g/mol. The van der Waals surface area contributed by atoms with E-state index in [1.54, 1.807) is 0 Å². The van der Waals surface area contributed by atoms with Crippen molar-refractivity contribution in [1.82, 2.24) is 15.0 Å². The smallest absolute Gasteiger partial charge is 0.258 e. The zero-order valence-corrected chi connectivity index (χ0v) is 13.0. The Morgan fingerprint density at radius 2 is 1.90 bits per heavy atom. The van der Waals surface area contributed by atoms with E-state index in [1.165, 1.54) is 5.56 Å². The number of rotatable bonds is 7. The molecule has 0 radical (unpaired) electrons. The number of benzene rings is 1. The molecule has 5 heteroatoms. The summed E-state index contributed by atoms with van der Waals surface area (Å²) in [7, 11) is 0. The Bertz CT molecular complexity index is 563. The van der Waals surface area contributed by atoms with Crippen molar-refractivity contribution >= 4 is 0 Å². The highest BCUT2D eigenvalue weighted by molar-refractivity contribution is 5.58. The maximum Gasteiger partial charge on any atom is 0.258 e. The van der Waals surface area contributed by atoms with Gasteiger partial charge in [-0.25, -0.2) is 0 Å². The van der Waals surface area contributed by atoms with E-state index in [4.69, 9.17) is 10.3 Å². The lowest BCUT2D eigenvalue weighted by Gasteiger charge is -2.20. The van der Waals surface area contributed by atoms with Crippen molar-refractivity contribution in [3.8, 4) is 11.5 Å². The van der Waals surface area contributed by atoms with Crippen LogP contribution < -0.4 is 5.73 Å². The lowest BCUT2D eigenvalue weighted by atomic mass is 10.1. The number of nitrogens with zero attached hydrogens (tertiary/aromatic N) is 3. The number of aryl methyl sites for hydroxylation is 1. The second kappa shape index (κ2) is 7.33. The molecule has 21 heavy (non-hydrogen) atoms. The highest BCUT2D eigenvalue weighted by atomic mass is 16.5. The quantitative estimate of drug-likeness (QED) is 0.848. The number of hydrogen-bond donors (Lipinski definition) is 1. The zero-order chi connectivity index (χ0) is 15.2. The van der Waals surface area contributed by atoms with Crippen LogP contribution in [0.1, 0.15) is 38.2 Å². The molecule has 1 aromatic heterocycles. The zero-order valence-electron chi connectivity index (χ0n) is 13.0. The van der Waals surface area contributed by atoms with Crippen LogP contribution in [0.5, 0.6) is 0 Å². The minimum absolute atomic E-state index is 0.226. The van der Waals surface area contributed by atoms with E-state index in [9.17, 15) is 0 Å². The fraction of sp³-hybridized carbons (Fsp3) is 0.500. The molecule has 0 saturated carbocycles. The highest BCUT2D eigenvalue weighted by Gasteiger charge is 2.18. The SMILES string of the molecule is CCc1ccccc1-c1nc(C(N)CN(CC)CC)no1. The first-order chi connectivity index (χ1) is 10.2. The van der Waals surface area contributed by atoms with Gasteiger partial charge in [0.25, 0.3) is 5.89 Å². The number of nitrogens with two attached hydrogens (primary N) is 1. The Kier molecular flexibility index (Phi) is 5.47. The minimum Gasteiger partial charge on any atom is -0.334 e. The third-order valence-electron chi connectivity index (χ3n) is 3.75. The largest absolute Gasteiger partial charge is 0.334 e. The van der Waals surface area contributed by atoms with E-state index in [0.717, 1.165) is 31.6 Å². The minimum atomic E-state index is -0.226. The van der Waals surface area contributed by atoms with E-state index < -0.39 is 0 Å². The van der Waals surface area contributed by atoms with E-state index >= 15 is 0 Å². The summed E-state index contributed by atoms with van der Waals surface area (Å²) in [6, 6.07) is 7.86. The van der Waals surface area contributed by atoms with Crippen molar-refractivity contribution in [1.29, 1.82) is 0 Å². The summed E-state index contributed by atoms with van der Waals surface area (Å²) < 4.78 is 5.40. The first-order valence-electron chi connectivity index (χ1n) is 7.59. The predicted molar refractivity (Wildman–Crippen MR) is 83.8 cm³/mol. The third kappa shape index (κ3) is 3.68. The summed E-state index contributed by atoms with van der Waals surface area (Å²) in [6.45, 7) is 9.02. The van der Waals surface area contributed by atoms with Crippen molar-refractivity contribution in [3.05, 3.63) is 35.7 Å². The van der Waals surface area contributed by atoms with Crippen LogP contribution >= 0.6 is 0 Å². The molecule has 2 aromatic rings. The molecular formula is C16H24N4O. The molecule has 0 aliphatic rings. The van der Waals surface area contributed by atoms with Gasteiger partial charge < -0.3 is 15.2 Å². The predicted octanol–water partition coefficient (Wildman–Crippen LogP) is 2.64. The highest BCUT2D eigenvalue weighted by Crippen LogP contribution is 2.23. The number of likely N-dealkylation sites (N-methyl/N-ethyl adjacent to an activating group) is 1. The van der Waals surface area contributed by atoms with Crippen molar-refractivity contribution in [2.75, 3.05) is 19.6 Å². The van der Waals surface area contributed by atoms with Gasteiger partial charge in [-0.05, 0) is 31.1 Å². The number of aromatic nitrogens is 2. The molecule has 0 spiro atoms. The maximum atomic E-state index is 6.18. The van der Waals surface area contributed by atoms with Crippen molar-refractivity contribution in [2.45, 2.75) is 33.2 Å². The molecule has 1 aromatic carbocycles. The third-order valence-corrected chi connectivity index (χ3v) is 3.75. The maximum absolute atomic E-state index is 6.18. The van der Waals surface area contributed by atoms with Crippen LogP contribution in [-0.2, 0) is 6.42 Å². The summed E-state index contributed by atoms with van der Waals surface area (Å²) in [5, 5.41) is 4.05. The van der Waals surface area contributed by atoms with Gasteiger partial charge in [-0.1, -0.05) is 44.1 Å².